The zero-order valence-electron chi connectivity index (χ0n) is 11.3. The van der Waals surface area contributed by atoms with Crippen molar-refractivity contribution >= 4 is 15.9 Å². The summed E-state index contributed by atoms with van der Waals surface area (Å²) in [6, 6.07) is 6.49. The largest absolute Gasteiger partial charge is 0.382 e. The molecule has 0 bridgehead atoms. The molecule has 0 aliphatic rings. The Morgan fingerprint density at radius 3 is 2.57 bits per heavy atom. The third kappa shape index (κ3) is 3.01. The number of hydrogen-bond acceptors (Lipinski definition) is 5. The van der Waals surface area contributed by atoms with Crippen molar-refractivity contribution in [2.75, 3.05) is 0 Å². The van der Waals surface area contributed by atoms with Crippen LogP contribution in [0.25, 0.3) is 11.1 Å². The number of pyridine rings is 1. The first-order chi connectivity index (χ1) is 9.84. The molecule has 8 heteroatoms. The molecule has 0 fully saturated rings. The van der Waals surface area contributed by atoms with Crippen molar-refractivity contribution in [3.63, 3.8) is 0 Å². The standard InChI is InChI=1S/C13H15N5O2S/c1-8-5-9(7-17-6-8)10-3-2-4-11(21(16,19)20)12(10)13(14)18-15/h2-7H,15H2,1H3,(H2,14,18)(H2,16,19,20). The molecule has 0 aliphatic heterocycles. The topological polar surface area (TPSA) is 137 Å². The summed E-state index contributed by atoms with van der Waals surface area (Å²) in [5.74, 6) is 5.09. The van der Waals surface area contributed by atoms with Crippen LogP contribution in [0, 0.1) is 6.92 Å². The molecule has 0 saturated heterocycles. The van der Waals surface area contributed by atoms with Crippen molar-refractivity contribution in [2.45, 2.75) is 11.8 Å². The number of hydrazone groups is 1. The minimum Gasteiger partial charge on any atom is -0.382 e. The molecule has 7 nitrogen and oxygen atoms in total. The molecule has 0 spiro atoms. The van der Waals surface area contributed by atoms with Gasteiger partial charge in [-0.1, -0.05) is 12.1 Å². The Morgan fingerprint density at radius 2 is 2.00 bits per heavy atom. The molecule has 1 heterocycles. The summed E-state index contributed by atoms with van der Waals surface area (Å²) >= 11 is 0. The van der Waals surface area contributed by atoms with Gasteiger partial charge in [0, 0.05) is 23.5 Å². The number of aromatic nitrogens is 1. The molecule has 0 saturated carbocycles. The van der Waals surface area contributed by atoms with Crippen molar-refractivity contribution in [3.8, 4) is 11.1 Å². The quantitative estimate of drug-likeness (QED) is 0.324. The molecule has 0 atom stereocenters. The maximum Gasteiger partial charge on any atom is 0.238 e. The van der Waals surface area contributed by atoms with E-state index in [1.807, 2.05) is 13.0 Å². The Kier molecular flexibility index (Phi) is 3.92. The van der Waals surface area contributed by atoms with E-state index in [0.717, 1.165) is 5.56 Å². The van der Waals surface area contributed by atoms with Crippen LogP contribution in [0.2, 0.25) is 0 Å². The fourth-order valence-corrected chi connectivity index (χ4v) is 2.81. The molecule has 21 heavy (non-hydrogen) atoms. The predicted octanol–water partition coefficient (Wildman–Crippen LogP) is 0.283. The summed E-state index contributed by atoms with van der Waals surface area (Å²) in [4.78, 5) is 3.95. The summed E-state index contributed by atoms with van der Waals surface area (Å²) < 4.78 is 23.5. The minimum absolute atomic E-state index is 0.115. The number of nitrogens with zero attached hydrogens (tertiary/aromatic N) is 2. The first-order valence-electron chi connectivity index (χ1n) is 5.96. The van der Waals surface area contributed by atoms with Gasteiger partial charge in [-0.2, -0.15) is 5.10 Å². The van der Waals surface area contributed by atoms with Gasteiger partial charge in [-0.25, -0.2) is 13.6 Å². The SMILES string of the molecule is Cc1cncc(-c2cccc(S(N)(=O)=O)c2C(N)=NN)c1. The van der Waals surface area contributed by atoms with Gasteiger partial charge >= 0.3 is 0 Å². The number of primary sulfonamides is 1. The predicted molar refractivity (Wildman–Crippen MR) is 80.7 cm³/mol. The maximum atomic E-state index is 11.7. The lowest BCUT2D eigenvalue weighted by molar-refractivity contribution is 0.597. The van der Waals surface area contributed by atoms with E-state index < -0.39 is 10.0 Å². The summed E-state index contributed by atoms with van der Waals surface area (Å²) in [6.45, 7) is 1.88. The Bertz CT molecular complexity index is 815. The highest BCUT2D eigenvalue weighted by Gasteiger charge is 2.20. The van der Waals surface area contributed by atoms with Crippen LogP contribution in [0.15, 0.2) is 46.7 Å². The van der Waals surface area contributed by atoms with Crippen LogP contribution >= 0.6 is 0 Å². The molecule has 0 radical (unpaired) electrons. The first-order valence-corrected chi connectivity index (χ1v) is 7.51. The van der Waals surface area contributed by atoms with Crippen LogP contribution in [-0.2, 0) is 10.0 Å². The number of rotatable bonds is 3. The second-order valence-electron chi connectivity index (χ2n) is 4.49. The lowest BCUT2D eigenvalue weighted by Crippen LogP contribution is -2.23. The highest BCUT2D eigenvalue weighted by Crippen LogP contribution is 2.28. The Morgan fingerprint density at radius 1 is 1.29 bits per heavy atom. The molecule has 1 aromatic heterocycles. The second kappa shape index (κ2) is 5.51. The molecular weight excluding hydrogens is 290 g/mol. The molecule has 0 aliphatic carbocycles. The monoisotopic (exact) mass is 305 g/mol. The van der Waals surface area contributed by atoms with E-state index in [2.05, 4.69) is 10.1 Å². The van der Waals surface area contributed by atoms with Gasteiger partial charge in [0.2, 0.25) is 10.0 Å². The zero-order valence-corrected chi connectivity index (χ0v) is 12.1. The Labute approximate surface area is 122 Å². The van der Waals surface area contributed by atoms with E-state index >= 15 is 0 Å². The number of nitrogens with two attached hydrogens (primary N) is 3. The van der Waals surface area contributed by atoms with Gasteiger partial charge in [0.15, 0.2) is 5.84 Å². The molecule has 1 aromatic carbocycles. The average molecular weight is 305 g/mol. The van der Waals surface area contributed by atoms with Gasteiger partial charge in [0.05, 0.1) is 4.90 Å². The first kappa shape index (κ1) is 14.9. The van der Waals surface area contributed by atoms with Crippen LogP contribution in [0.5, 0.6) is 0 Å². The summed E-state index contributed by atoms with van der Waals surface area (Å²) in [6.07, 6.45) is 3.29. The van der Waals surface area contributed by atoms with E-state index in [1.165, 1.54) is 6.07 Å². The van der Waals surface area contributed by atoms with Gasteiger partial charge < -0.3 is 11.6 Å². The maximum absolute atomic E-state index is 11.7. The number of amidine groups is 1. The molecule has 110 valence electrons. The fraction of sp³-hybridized carbons (Fsp3) is 0.0769. The number of benzene rings is 1. The summed E-state index contributed by atoms with van der Waals surface area (Å²) in [5.41, 5.74) is 8.09. The Hall–Kier alpha value is -2.45. The highest BCUT2D eigenvalue weighted by molar-refractivity contribution is 7.89. The zero-order chi connectivity index (χ0) is 15.6. The third-order valence-electron chi connectivity index (χ3n) is 2.91. The highest BCUT2D eigenvalue weighted by atomic mass is 32.2. The van der Waals surface area contributed by atoms with E-state index in [-0.39, 0.29) is 16.3 Å². The van der Waals surface area contributed by atoms with E-state index in [0.29, 0.717) is 11.1 Å². The third-order valence-corrected chi connectivity index (χ3v) is 3.87. The van der Waals surface area contributed by atoms with Crippen LogP contribution in [0.3, 0.4) is 0 Å². The molecule has 6 N–H and O–H groups in total. The number of sulfonamides is 1. The average Bonchev–Trinajstić information content (AvgIpc) is 2.44. The van der Waals surface area contributed by atoms with E-state index in [9.17, 15) is 8.42 Å². The number of aryl methyl sites for hydroxylation is 1. The molecular formula is C13H15N5O2S. The normalized spacial score (nSPS) is 12.4. The van der Waals surface area contributed by atoms with Gasteiger partial charge in [-0.3, -0.25) is 4.98 Å². The van der Waals surface area contributed by atoms with Gasteiger partial charge in [-0.15, -0.1) is 0 Å². The lowest BCUT2D eigenvalue weighted by Gasteiger charge is -2.13. The van der Waals surface area contributed by atoms with Crippen LogP contribution < -0.4 is 16.7 Å². The summed E-state index contributed by atoms with van der Waals surface area (Å²) in [5, 5.41) is 8.63. The van der Waals surface area contributed by atoms with Gasteiger partial charge in [-0.05, 0) is 30.2 Å². The van der Waals surface area contributed by atoms with Crippen molar-refractivity contribution in [3.05, 3.63) is 47.8 Å². The van der Waals surface area contributed by atoms with Crippen molar-refractivity contribution in [1.29, 1.82) is 0 Å². The van der Waals surface area contributed by atoms with Gasteiger partial charge in [0.25, 0.3) is 0 Å². The van der Waals surface area contributed by atoms with Crippen LogP contribution in [0.4, 0.5) is 0 Å². The smallest absolute Gasteiger partial charge is 0.238 e. The minimum atomic E-state index is -3.97. The van der Waals surface area contributed by atoms with Gasteiger partial charge in [0.1, 0.15) is 0 Å². The van der Waals surface area contributed by atoms with Crippen molar-refractivity contribution in [2.24, 2.45) is 21.8 Å². The number of hydrogen-bond donors (Lipinski definition) is 3. The Balaban J connectivity index is 2.84. The molecule has 2 rings (SSSR count). The van der Waals surface area contributed by atoms with E-state index in [4.69, 9.17) is 16.7 Å². The fourth-order valence-electron chi connectivity index (χ4n) is 2.04. The van der Waals surface area contributed by atoms with Crippen LogP contribution in [-0.4, -0.2) is 19.2 Å². The molecule has 0 amide bonds. The molecule has 0 unspecified atom stereocenters. The van der Waals surface area contributed by atoms with Crippen molar-refractivity contribution in [1.82, 2.24) is 4.98 Å². The lowest BCUT2D eigenvalue weighted by atomic mass is 9.99. The molecule has 2 aromatic rings. The van der Waals surface area contributed by atoms with E-state index in [1.54, 1.807) is 24.5 Å². The second-order valence-corrected chi connectivity index (χ2v) is 6.02. The summed E-state index contributed by atoms with van der Waals surface area (Å²) in [7, 11) is -3.97. The van der Waals surface area contributed by atoms with Crippen LogP contribution in [0.1, 0.15) is 11.1 Å². The van der Waals surface area contributed by atoms with Crippen molar-refractivity contribution < 1.29 is 8.42 Å².